The molecule has 1 fully saturated rings. The minimum Gasteiger partial charge on any atom is -0.379 e. The number of morpholine rings is 1. The number of ether oxygens (including phenoxy) is 1. The van der Waals surface area contributed by atoms with Crippen LogP contribution in [0.2, 0.25) is 0 Å². The maximum absolute atomic E-state index is 13.3. The van der Waals surface area contributed by atoms with Gasteiger partial charge in [0.1, 0.15) is 12.4 Å². The number of halogens is 1. The Morgan fingerprint density at radius 2 is 1.91 bits per heavy atom. The summed E-state index contributed by atoms with van der Waals surface area (Å²) >= 11 is 0. The lowest BCUT2D eigenvalue weighted by Gasteiger charge is -2.35. The Labute approximate surface area is 192 Å². The molecule has 4 rings (SSSR count). The molecule has 1 aromatic carbocycles. The van der Waals surface area contributed by atoms with Crippen molar-refractivity contribution in [2.24, 2.45) is 0 Å². The van der Waals surface area contributed by atoms with Gasteiger partial charge in [0.05, 0.1) is 31.3 Å². The maximum atomic E-state index is 13.3. The maximum Gasteiger partial charge on any atom is 0.242 e. The third-order valence-electron chi connectivity index (χ3n) is 5.54. The van der Waals surface area contributed by atoms with E-state index in [0.717, 1.165) is 49.7 Å². The number of nitrogens with one attached hydrogen (secondary N) is 1. The molecule has 3 aromatic rings. The van der Waals surface area contributed by atoms with Gasteiger partial charge in [-0.15, -0.1) is 0 Å². The fourth-order valence-electron chi connectivity index (χ4n) is 4.04. The van der Waals surface area contributed by atoms with Gasteiger partial charge in [0.25, 0.3) is 0 Å². The normalized spacial score (nSPS) is 14.9. The average Bonchev–Trinajstić information content (AvgIpc) is 3.18. The molecule has 1 aliphatic heterocycles. The van der Waals surface area contributed by atoms with Gasteiger partial charge < -0.3 is 10.1 Å². The van der Waals surface area contributed by atoms with Crippen LogP contribution in [0.25, 0.3) is 11.3 Å². The highest BCUT2D eigenvalue weighted by Gasteiger charge is 2.25. The Balaban J connectivity index is 1.50. The molecule has 0 saturated carbocycles. The number of hydrogen-bond acceptors (Lipinski definition) is 6. The van der Waals surface area contributed by atoms with E-state index in [0.29, 0.717) is 12.1 Å². The SMILES string of the molecule is CC(C)(CN1CCOCC1)NC(=O)Cn1nc(-c2ccnnc2)cc1Cc1ccc(F)cc1. The largest absolute Gasteiger partial charge is 0.379 e. The number of benzene rings is 1. The molecular formula is C24H29FN6O2. The van der Waals surface area contributed by atoms with Gasteiger partial charge in [-0.25, -0.2) is 4.39 Å². The summed E-state index contributed by atoms with van der Waals surface area (Å²) in [6.07, 6.45) is 3.77. The molecule has 3 heterocycles. The van der Waals surface area contributed by atoms with Crippen molar-refractivity contribution in [2.45, 2.75) is 32.4 Å². The molecule has 0 atom stereocenters. The topological polar surface area (TPSA) is 85.2 Å². The van der Waals surface area contributed by atoms with Crippen LogP contribution in [0.1, 0.15) is 25.1 Å². The van der Waals surface area contributed by atoms with Crippen LogP contribution >= 0.6 is 0 Å². The van der Waals surface area contributed by atoms with Crippen LogP contribution in [0.3, 0.4) is 0 Å². The Bertz CT molecular complexity index is 1060. The summed E-state index contributed by atoms with van der Waals surface area (Å²) in [5.41, 5.74) is 2.93. The van der Waals surface area contributed by atoms with E-state index in [1.165, 1.54) is 12.1 Å². The number of hydrogen-bond donors (Lipinski definition) is 1. The van der Waals surface area contributed by atoms with Crippen molar-refractivity contribution in [3.63, 3.8) is 0 Å². The van der Waals surface area contributed by atoms with Crippen molar-refractivity contribution in [2.75, 3.05) is 32.8 Å². The van der Waals surface area contributed by atoms with Crippen LogP contribution < -0.4 is 5.32 Å². The second kappa shape index (κ2) is 10.2. The van der Waals surface area contributed by atoms with E-state index in [4.69, 9.17) is 4.74 Å². The van der Waals surface area contributed by atoms with E-state index in [1.807, 2.05) is 26.0 Å². The van der Waals surface area contributed by atoms with Gasteiger partial charge in [0.15, 0.2) is 0 Å². The molecule has 0 aliphatic carbocycles. The van der Waals surface area contributed by atoms with Gasteiger partial charge in [-0.05, 0) is 43.7 Å². The van der Waals surface area contributed by atoms with Crippen molar-refractivity contribution in [3.05, 3.63) is 65.9 Å². The lowest BCUT2D eigenvalue weighted by molar-refractivity contribution is -0.123. The minimum absolute atomic E-state index is 0.0849. The molecule has 1 aliphatic rings. The molecule has 33 heavy (non-hydrogen) atoms. The fraction of sp³-hybridized carbons (Fsp3) is 0.417. The smallest absolute Gasteiger partial charge is 0.242 e. The number of rotatable bonds is 8. The minimum atomic E-state index is -0.392. The van der Waals surface area contributed by atoms with E-state index >= 15 is 0 Å². The molecule has 0 radical (unpaired) electrons. The Morgan fingerprint density at radius 1 is 1.15 bits per heavy atom. The van der Waals surface area contributed by atoms with E-state index < -0.39 is 5.54 Å². The van der Waals surface area contributed by atoms with Crippen molar-refractivity contribution in [1.29, 1.82) is 0 Å². The molecule has 1 amide bonds. The third-order valence-corrected chi connectivity index (χ3v) is 5.54. The van der Waals surface area contributed by atoms with Crippen molar-refractivity contribution >= 4 is 5.91 Å². The van der Waals surface area contributed by atoms with Crippen LogP contribution in [0, 0.1) is 5.82 Å². The Hall–Kier alpha value is -3.17. The summed E-state index contributed by atoms with van der Waals surface area (Å²) in [4.78, 5) is 15.3. The van der Waals surface area contributed by atoms with Crippen LogP contribution in [-0.4, -0.2) is 69.2 Å². The molecule has 1 N–H and O–H groups in total. The zero-order valence-electron chi connectivity index (χ0n) is 19.0. The third kappa shape index (κ3) is 6.43. The van der Waals surface area contributed by atoms with Gasteiger partial charge >= 0.3 is 0 Å². The summed E-state index contributed by atoms with van der Waals surface area (Å²) in [6.45, 7) is 8.05. The molecule has 9 heteroatoms. The van der Waals surface area contributed by atoms with Gasteiger partial charge in [-0.3, -0.25) is 14.4 Å². The fourth-order valence-corrected chi connectivity index (χ4v) is 4.04. The first-order valence-electron chi connectivity index (χ1n) is 11.1. The van der Waals surface area contributed by atoms with Crippen molar-refractivity contribution in [1.82, 2.24) is 30.2 Å². The summed E-state index contributed by atoms with van der Waals surface area (Å²) in [6, 6.07) is 10.1. The molecule has 0 unspecified atom stereocenters. The number of aromatic nitrogens is 4. The standard InChI is InChI=1S/C24H29FN6O2/c1-24(2,17-30-9-11-33-12-10-30)28-23(32)16-31-21(13-18-3-5-20(25)6-4-18)14-22(29-31)19-7-8-26-27-15-19/h3-8,14-15H,9-13,16-17H2,1-2H3,(H,28,32). The molecule has 174 valence electrons. The van der Waals surface area contributed by atoms with Crippen LogP contribution in [0.15, 0.2) is 48.8 Å². The summed E-state index contributed by atoms with van der Waals surface area (Å²) in [5.74, 6) is -0.395. The first-order chi connectivity index (χ1) is 15.9. The summed E-state index contributed by atoms with van der Waals surface area (Å²) < 4.78 is 20.5. The van der Waals surface area contributed by atoms with Gasteiger partial charge in [0, 0.05) is 42.9 Å². The molecule has 0 bridgehead atoms. The first-order valence-corrected chi connectivity index (χ1v) is 11.1. The Kier molecular flexibility index (Phi) is 7.10. The number of nitrogens with zero attached hydrogens (tertiary/aromatic N) is 5. The van der Waals surface area contributed by atoms with Gasteiger partial charge in [-0.2, -0.15) is 15.3 Å². The highest BCUT2D eigenvalue weighted by molar-refractivity contribution is 5.76. The second-order valence-corrected chi connectivity index (χ2v) is 8.93. The Morgan fingerprint density at radius 3 is 2.61 bits per heavy atom. The molecule has 1 saturated heterocycles. The lowest BCUT2D eigenvalue weighted by atomic mass is 10.0. The second-order valence-electron chi connectivity index (χ2n) is 8.93. The van der Waals surface area contributed by atoms with E-state index in [2.05, 4.69) is 25.5 Å². The van der Waals surface area contributed by atoms with E-state index in [9.17, 15) is 9.18 Å². The van der Waals surface area contributed by atoms with Crippen molar-refractivity contribution in [3.8, 4) is 11.3 Å². The lowest BCUT2D eigenvalue weighted by Crippen LogP contribution is -2.54. The molecule has 0 spiro atoms. The highest BCUT2D eigenvalue weighted by Crippen LogP contribution is 2.20. The van der Waals surface area contributed by atoms with Gasteiger partial charge in [0.2, 0.25) is 5.91 Å². The number of carbonyl (C=O) groups is 1. The van der Waals surface area contributed by atoms with E-state index in [1.54, 1.807) is 29.2 Å². The van der Waals surface area contributed by atoms with E-state index in [-0.39, 0.29) is 18.3 Å². The van der Waals surface area contributed by atoms with Crippen molar-refractivity contribution < 1.29 is 13.9 Å². The molecule has 2 aromatic heterocycles. The van der Waals surface area contributed by atoms with Gasteiger partial charge in [-0.1, -0.05) is 12.1 Å². The monoisotopic (exact) mass is 452 g/mol. The predicted octanol–water partition coefficient (Wildman–Crippen LogP) is 2.30. The number of carbonyl (C=O) groups excluding carboxylic acids is 1. The zero-order valence-corrected chi connectivity index (χ0v) is 19.0. The molecule has 8 nitrogen and oxygen atoms in total. The van der Waals surface area contributed by atoms with Crippen LogP contribution in [-0.2, 0) is 22.5 Å². The summed E-state index contributed by atoms with van der Waals surface area (Å²) in [5, 5.41) is 15.6. The molecular weight excluding hydrogens is 423 g/mol. The van der Waals surface area contributed by atoms with Crippen LogP contribution in [0.4, 0.5) is 4.39 Å². The summed E-state index contributed by atoms with van der Waals surface area (Å²) in [7, 11) is 0. The average molecular weight is 453 g/mol. The predicted molar refractivity (Wildman–Crippen MR) is 122 cm³/mol. The zero-order chi connectivity index (χ0) is 23.3. The number of amides is 1. The highest BCUT2D eigenvalue weighted by atomic mass is 19.1. The van der Waals surface area contributed by atoms with Crippen LogP contribution in [0.5, 0.6) is 0 Å². The quantitative estimate of drug-likeness (QED) is 0.565. The first kappa shape index (κ1) is 23.0.